The van der Waals surface area contributed by atoms with Crippen LogP contribution < -0.4 is 5.32 Å². The average molecular weight is 301 g/mol. The Balaban J connectivity index is 2.72. The molecule has 20 heavy (non-hydrogen) atoms. The minimum absolute atomic E-state index is 0.0974. The minimum atomic E-state index is -4.24. The summed E-state index contributed by atoms with van der Waals surface area (Å²) >= 11 is 0. The monoisotopic (exact) mass is 301 g/mol. The Bertz CT molecular complexity index is 553. The molecule has 1 aromatic carbocycles. The summed E-state index contributed by atoms with van der Waals surface area (Å²) in [6, 6.07) is 6.15. The zero-order chi connectivity index (χ0) is 15.3. The number of nitrogens with one attached hydrogen (secondary N) is 1. The van der Waals surface area contributed by atoms with Crippen molar-refractivity contribution >= 4 is 21.7 Å². The normalized spacial score (nSPS) is 14.6. The van der Waals surface area contributed by atoms with Crippen molar-refractivity contribution in [3.8, 4) is 0 Å². The first-order valence-electron chi connectivity index (χ1n) is 6.27. The largest absolute Gasteiger partial charge is 0.387 e. The van der Waals surface area contributed by atoms with Gasteiger partial charge in [0.1, 0.15) is 5.75 Å². The molecule has 1 rings (SSSR count). The number of rotatable bonds is 6. The van der Waals surface area contributed by atoms with Crippen molar-refractivity contribution in [2.24, 2.45) is 5.92 Å². The first-order chi connectivity index (χ1) is 9.23. The quantitative estimate of drug-likeness (QED) is 0.692. The third-order valence-electron chi connectivity index (χ3n) is 2.99. The number of hydrogen-bond acceptors (Lipinski definition) is 4. The summed E-state index contributed by atoms with van der Waals surface area (Å²) < 4.78 is 30.0. The van der Waals surface area contributed by atoms with Gasteiger partial charge in [-0.05, 0) is 24.1 Å². The lowest BCUT2D eigenvalue weighted by Crippen LogP contribution is -2.19. The molecule has 0 spiro atoms. The molecule has 2 atom stereocenters. The Labute approximate surface area is 118 Å². The van der Waals surface area contributed by atoms with E-state index in [0.717, 1.165) is 6.42 Å². The van der Waals surface area contributed by atoms with Crippen LogP contribution in [-0.2, 0) is 14.9 Å². The second-order valence-corrected chi connectivity index (χ2v) is 6.18. The van der Waals surface area contributed by atoms with E-state index >= 15 is 0 Å². The number of aliphatic hydroxyl groups is 1. The Hall–Kier alpha value is -1.44. The first-order valence-corrected chi connectivity index (χ1v) is 7.88. The highest BCUT2D eigenvalue weighted by atomic mass is 32.2. The van der Waals surface area contributed by atoms with Crippen molar-refractivity contribution in [1.29, 1.82) is 0 Å². The number of amides is 1. The van der Waals surface area contributed by atoms with Crippen LogP contribution in [0.4, 0.5) is 5.69 Å². The van der Waals surface area contributed by atoms with Gasteiger partial charge in [-0.25, -0.2) is 0 Å². The average Bonchev–Trinajstić information content (AvgIpc) is 2.36. The molecule has 0 fully saturated rings. The Morgan fingerprint density at radius 2 is 1.85 bits per heavy atom. The molecule has 0 aliphatic carbocycles. The molecule has 6 nitrogen and oxygen atoms in total. The van der Waals surface area contributed by atoms with E-state index < -0.39 is 22.0 Å². The summed E-state index contributed by atoms with van der Waals surface area (Å²) in [5, 5.41) is 12.3. The van der Waals surface area contributed by atoms with Crippen LogP contribution in [0, 0.1) is 5.92 Å². The van der Waals surface area contributed by atoms with Gasteiger partial charge in [0.15, 0.2) is 0 Å². The van der Waals surface area contributed by atoms with Gasteiger partial charge >= 0.3 is 0 Å². The molecule has 0 radical (unpaired) electrons. The highest BCUT2D eigenvalue weighted by molar-refractivity contribution is 7.85. The molecule has 0 aliphatic rings. The van der Waals surface area contributed by atoms with Gasteiger partial charge in [0, 0.05) is 11.6 Å². The predicted octanol–water partition coefficient (Wildman–Crippen LogP) is 1.59. The lowest BCUT2D eigenvalue weighted by Gasteiger charge is -2.12. The summed E-state index contributed by atoms with van der Waals surface area (Å²) in [5.74, 6) is -0.954. The summed E-state index contributed by atoms with van der Waals surface area (Å²) in [6.07, 6.45) is -0.568. The van der Waals surface area contributed by atoms with Crippen LogP contribution in [-0.4, -0.2) is 29.7 Å². The van der Waals surface area contributed by atoms with Gasteiger partial charge in [-0.15, -0.1) is 0 Å². The van der Waals surface area contributed by atoms with Crippen LogP contribution >= 0.6 is 0 Å². The van der Waals surface area contributed by atoms with Gasteiger partial charge in [0.05, 0.1) is 6.10 Å². The summed E-state index contributed by atoms with van der Waals surface area (Å²) in [7, 11) is -4.24. The van der Waals surface area contributed by atoms with Crippen molar-refractivity contribution in [2.75, 3.05) is 11.1 Å². The van der Waals surface area contributed by atoms with Crippen molar-refractivity contribution < 1.29 is 22.9 Å². The molecular formula is C13H19NO5S. The number of hydrogen-bond donors (Lipinski definition) is 3. The first kappa shape index (κ1) is 16.6. The summed E-state index contributed by atoms with van der Waals surface area (Å²) in [5.41, 5.74) is 0.919. The maximum absolute atomic E-state index is 11.7. The maximum atomic E-state index is 11.7. The number of carbonyl (C=O) groups excluding carboxylic acids is 1. The van der Waals surface area contributed by atoms with Crippen LogP contribution in [0.15, 0.2) is 24.3 Å². The molecule has 7 heteroatoms. The van der Waals surface area contributed by atoms with E-state index in [0.29, 0.717) is 11.3 Å². The van der Waals surface area contributed by atoms with Gasteiger partial charge in [0.25, 0.3) is 10.1 Å². The zero-order valence-corrected chi connectivity index (χ0v) is 12.2. The molecule has 1 aromatic rings. The third-order valence-corrected chi connectivity index (χ3v) is 3.73. The molecule has 0 bridgehead atoms. The Morgan fingerprint density at radius 3 is 2.30 bits per heavy atom. The topological polar surface area (TPSA) is 104 Å². The lowest BCUT2D eigenvalue weighted by atomic mass is 10.1. The summed E-state index contributed by atoms with van der Waals surface area (Å²) in [6.45, 7) is 3.73. The smallest absolute Gasteiger partial charge is 0.267 e. The van der Waals surface area contributed by atoms with Crippen LogP contribution in [0.25, 0.3) is 0 Å². The van der Waals surface area contributed by atoms with E-state index in [1.54, 1.807) is 12.1 Å². The van der Waals surface area contributed by atoms with E-state index in [1.165, 1.54) is 12.1 Å². The van der Waals surface area contributed by atoms with Crippen molar-refractivity contribution in [2.45, 2.75) is 26.4 Å². The number of aliphatic hydroxyl groups excluding tert-OH is 1. The van der Waals surface area contributed by atoms with Gasteiger partial charge in [-0.3, -0.25) is 9.35 Å². The van der Waals surface area contributed by atoms with Crippen LogP contribution in [0.1, 0.15) is 31.9 Å². The standard InChI is InChI=1S/C13H19NO5S/c1-3-9(2)13(16)14-11-6-4-10(5-7-11)12(15)8-20(17,18)19/h4-7,9,12,15H,3,8H2,1-2H3,(H,14,16)(H,17,18,19). The fraction of sp³-hybridized carbons (Fsp3) is 0.462. The number of anilines is 1. The molecule has 0 heterocycles. The number of carbonyl (C=O) groups is 1. The second kappa shape index (κ2) is 6.83. The molecule has 0 aromatic heterocycles. The minimum Gasteiger partial charge on any atom is -0.387 e. The van der Waals surface area contributed by atoms with Crippen LogP contribution in [0.5, 0.6) is 0 Å². The fourth-order valence-electron chi connectivity index (χ4n) is 1.54. The van der Waals surface area contributed by atoms with E-state index in [-0.39, 0.29) is 11.8 Å². The van der Waals surface area contributed by atoms with E-state index in [2.05, 4.69) is 5.32 Å². The molecular weight excluding hydrogens is 282 g/mol. The number of benzene rings is 1. The van der Waals surface area contributed by atoms with Gasteiger partial charge in [-0.2, -0.15) is 8.42 Å². The maximum Gasteiger partial charge on any atom is 0.267 e. The summed E-state index contributed by atoms with van der Waals surface area (Å²) in [4.78, 5) is 11.7. The van der Waals surface area contributed by atoms with E-state index in [9.17, 15) is 18.3 Å². The molecule has 0 aliphatic heterocycles. The molecule has 112 valence electrons. The Kier molecular flexibility index (Phi) is 5.67. The molecule has 0 saturated heterocycles. The highest BCUT2D eigenvalue weighted by Crippen LogP contribution is 2.18. The highest BCUT2D eigenvalue weighted by Gasteiger charge is 2.16. The molecule has 1 amide bonds. The SMILES string of the molecule is CCC(C)C(=O)Nc1ccc(C(O)CS(=O)(=O)O)cc1. The van der Waals surface area contributed by atoms with Crippen molar-refractivity contribution in [3.63, 3.8) is 0 Å². The third kappa shape index (κ3) is 5.28. The van der Waals surface area contributed by atoms with Gasteiger partial charge in [0.2, 0.25) is 5.91 Å². The van der Waals surface area contributed by atoms with E-state index in [1.807, 2.05) is 13.8 Å². The van der Waals surface area contributed by atoms with Crippen LogP contribution in [0.3, 0.4) is 0 Å². The lowest BCUT2D eigenvalue weighted by molar-refractivity contribution is -0.119. The molecule has 2 unspecified atom stereocenters. The second-order valence-electron chi connectivity index (χ2n) is 4.68. The zero-order valence-electron chi connectivity index (χ0n) is 11.4. The van der Waals surface area contributed by atoms with Crippen LogP contribution in [0.2, 0.25) is 0 Å². The molecule has 0 saturated carbocycles. The fourth-order valence-corrected chi connectivity index (χ4v) is 2.13. The predicted molar refractivity (Wildman–Crippen MR) is 75.9 cm³/mol. The van der Waals surface area contributed by atoms with Crippen molar-refractivity contribution in [3.05, 3.63) is 29.8 Å². The van der Waals surface area contributed by atoms with E-state index in [4.69, 9.17) is 4.55 Å². The van der Waals surface area contributed by atoms with Crippen molar-refractivity contribution in [1.82, 2.24) is 0 Å². The molecule has 3 N–H and O–H groups in total. The Morgan fingerprint density at radius 1 is 1.30 bits per heavy atom. The van der Waals surface area contributed by atoms with Gasteiger partial charge < -0.3 is 10.4 Å². The van der Waals surface area contributed by atoms with Gasteiger partial charge in [-0.1, -0.05) is 26.0 Å².